The van der Waals surface area contributed by atoms with E-state index in [2.05, 4.69) is 5.32 Å². The van der Waals surface area contributed by atoms with Gasteiger partial charge in [-0.05, 0) is 65.5 Å². The molecule has 1 saturated carbocycles. The first kappa shape index (κ1) is 23.0. The highest BCUT2D eigenvalue weighted by Gasteiger charge is 2.34. The standard InChI is InChI=1S/C23H35NO5/c1-16(24-22(26)29-23(3,4)5)21(25)28-20(18-12-8-6-9-13-18)17(2)27-19-14-10-7-11-15-19/h7,10-11,14-18,20H,6,8-9,12-13H2,1-5H3,(H,24,26)/t16-,17-,20+/m0/s1. The third kappa shape index (κ3) is 7.95. The summed E-state index contributed by atoms with van der Waals surface area (Å²) in [7, 11) is 0. The number of ether oxygens (including phenoxy) is 3. The van der Waals surface area contributed by atoms with E-state index in [9.17, 15) is 9.59 Å². The molecule has 3 atom stereocenters. The fourth-order valence-electron chi connectivity index (χ4n) is 3.60. The highest BCUT2D eigenvalue weighted by Crippen LogP contribution is 2.31. The Morgan fingerprint density at radius 2 is 1.66 bits per heavy atom. The first-order valence-corrected chi connectivity index (χ1v) is 10.6. The molecule has 162 valence electrons. The SMILES string of the molecule is C[C@H](NC(=O)OC(C)(C)C)C(=O)O[C@@H](C1CCCCC1)[C@H](C)Oc1ccccc1. The van der Waals surface area contributed by atoms with Crippen LogP contribution in [0, 0.1) is 5.92 Å². The summed E-state index contributed by atoms with van der Waals surface area (Å²) in [5.41, 5.74) is -0.629. The molecule has 0 aromatic heterocycles. The Balaban J connectivity index is 2.02. The van der Waals surface area contributed by atoms with Crippen LogP contribution in [0.3, 0.4) is 0 Å². The Morgan fingerprint density at radius 1 is 1.03 bits per heavy atom. The largest absolute Gasteiger partial charge is 0.487 e. The summed E-state index contributed by atoms with van der Waals surface area (Å²) in [4.78, 5) is 24.7. The van der Waals surface area contributed by atoms with Gasteiger partial charge in [0, 0.05) is 0 Å². The molecule has 0 heterocycles. The molecule has 0 radical (unpaired) electrons. The number of esters is 1. The second kappa shape index (κ2) is 10.5. The number of rotatable bonds is 7. The van der Waals surface area contributed by atoms with Crippen LogP contribution in [0.1, 0.15) is 66.7 Å². The fraction of sp³-hybridized carbons (Fsp3) is 0.652. The number of carbonyl (C=O) groups excluding carboxylic acids is 2. The lowest BCUT2D eigenvalue weighted by atomic mass is 9.83. The molecule has 0 unspecified atom stereocenters. The lowest BCUT2D eigenvalue weighted by molar-refractivity contribution is -0.160. The number of amides is 1. The zero-order valence-electron chi connectivity index (χ0n) is 18.3. The van der Waals surface area contributed by atoms with Gasteiger partial charge in [0.2, 0.25) is 0 Å². The highest BCUT2D eigenvalue weighted by molar-refractivity contribution is 5.81. The molecule has 0 saturated heterocycles. The van der Waals surface area contributed by atoms with Gasteiger partial charge in [-0.3, -0.25) is 0 Å². The molecule has 1 aromatic rings. The summed E-state index contributed by atoms with van der Waals surface area (Å²) in [6, 6.07) is 8.74. The van der Waals surface area contributed by atoms with Crippen LogP contribution in [0.5, 0.6) is 5.75 Å². The molecule has 1 aliphatic rings. The third-order valence-corrected chi connectivity index (χ3v) is 4.98. The number of para-hydroxylation sites is 1. The van der Waals surface area contributed by atoms with Crippen molar-refractivity contribution in [1.82, 2.24) is 5.32 Å². The number of nitrogens with one attached hydrogen (secondary N) is 1. The van der Waals surface area contributed by atoms with Crippen molar-refractivity contribution in [2.24, 2.45) is 5.92 Å². The van der Waals surface area contributed by atoms with Crippen LogP contribution < -0.4 is 10.1 Å². The van der Waals surface area contributed by atoms with Crippen molar-refractivity contribution in [3.8, 4) is 5.75 Å². The number of benzene rings is 1. The molecule has 1 amide bonds. The zero-order valence-corrected chi connectivity index (χ0v) is 18.3. The molecular formula is C23H35NO5. The van der Waals surface area contributed by atoms with Crippen molar-refractivity contribution >= 4 is 12.1 Å². The average Bonchev–Trinajstić information content (AvgIpc) is 2.65. The Labute approximate surface area is 174 Å². The van der Waals surface area contributed by atoms with Crippen molar-refractivity contribution in [3.05, 3.63) is 30.3 Å². The van der Waals surface area contributed by atoms with Crippen molar-refractivity contribution in [3.63, 3.8) is 0 Å². The van der Waals surface area contributed by atoms with Gasteiger partial charge in [-0.25, -0.2) is 9.59 Å². The minimum absolute atomic E-state index is 0.250. The van der Waals surface area contributed by atoms with Crippen LogP contribution in [0.15, 0.2) is 30.3 Å². The minimum atomic E-state index is -0.806. The van der Waals surface area contributed by atoms with Gasteiger partial charge in [0.15, 0.2) is 0 Å². The van der Waals surface area contributed by atoms with Crippen LogP contribution in [-0.4, -0.2) is 35.9 Å². The lowest BCUT2D eigenvalue weighted by Crippen LogP contribution is -2.47. The molecule has 0 spiro atoms. The molecule has 6 heteroatoms. The van der Waals surface area contributed by atoms with E-state index >= 15 is 0 Å². The van der Waals surface area contributed by atoms with E-state index in [4.69, 9.17) is 14.2 Å². The van der Waals surface area contributed by atoms with Gasteiger partial charge in [-0.2, -0.15) is 0 Å². The maximum absolute atomic E-state index is 12.7. The summed E-state index contributed by atoms with van der Waals surface area (Å²) < 4.78 is 17.2. The van der Waals surface area contributed by atoms with Crippen LogP contribution in [0.4, 0.5) is 4.79 Å². The average molecular weight is 406 g/mol. The van der Waals surface area contributed by atoms with E-state index in [-0.39, 0.29) is 18.1 Å². The summed E-state index contributed by atoms with van der Waals surface area (Å²) in [6.45, 7) is 8.87. The molecule has 1 aromatic carbocycles. The summed E-state index contributed by atoms with van der Waals surface area (Å²) in [5.74, 6) is 0.520. The molecular weight excluding hydrogens is 370 g/mol. The number of carbonyl (C=O) groups is 2. The Morgan fingerprint density at radius 3 is 2.24 bits per heavy atom. The topological polar surface area (TPSA) is 73.9 Å². The molecule has 6 nitrogen and oxygen atoms in total. The normalized spacial score (nSPS) is 18.2. The predicted octanol–water partition coefficient (Wildman–Crippen LogP) is 4.86. The van der Waals surface area contributed by atoms with Gasteiger partial charge in [-0.15, -0.1) is 0 Å². The van der Waals surface area contributed by atoms with E-state index in [1.807, 2.05) is 37.3 Å². The maximum atomic E-state index is 12.7. The Kier molecular flexibility index (Phi) is 8.35. The third-order valence-electron chi connectivity index (χ3n) is 4.98. The van der Waals surface area contributed by atoms with Crippen molar-refractivity contribution in [2.75, 3.05) is 0 Å². The smallest absolute Gasteiger partial charge is 0.408 e. The van der Waals surface area contributed by atoms with Gasteiger partial charge < -0.3 is 19.5 Å². The fourth-order valence-corrected chi connectivity index (χ4v) is 3.60. The second-order valence-electron chi connectivity index (χ2n) is 8.80. The predicted molar refractivity (Wildman–Crippen MR) is 112 cm³/mol. The highest BCUT2D eigenvalue weighted by atomic mass is 16.6. The van der Waals surface area contributed by atoms with Gasteiger partial charge in [0.25, 0.3) is 0 Å². The number of hydrogen-bond donors (Lipinski definition) is 1. The van der Waals surface area contributed by atoms with Gasteiger partial charge >= 0.3 is 12.1 Å². The molecule has 29 heavy (non-hydrogen) atoms. The van der Waals surface area contributed by atoms with E-state index in [1.165, 1.54) is 6.42 Å². The van der Waals surface area contributed by atoms with Crippen LogP contribution in [-0.2, 0) is 14.3 Å². The minimum Gasteiger partial charge on any atom is -0.487 e. The maximum Gasteiger partial charge on any atom is 0.408 e. The van der Waals surface area contributed by atoms with E-state index in [1.54, 1.807) is 27.7 Å². The van der Waals surface area contributed by atoms with Crippen molar-refractivity contribution in [2.45, 2.75) is 90.6 Å². The van der Waals surface area contributed by atoms with Gasteiger partial charge in [-0.1, -0.05) is 37.5 Å². The molecule has 0 bridgehead atoms. The lowest BCUT2D eigenvalue weighted by Gasteiger charge is -2.34. The van der Waals surface area contributed by atoms with E-state index in [0.717, 1.165) is 31.4 Å². The zero-order chi connectivity index (χ0) is 21.4. The van der Waals surface area contributed by atoms with Crippen LogP contribution in [0.25, 0.3) is 0 Å². The summed E-state index contributed by atoms with van der Waals surface area (Å²) in [5, 5.41) is 2.56. The van der Waals surface area contributed by atoms with Gasteiger partial charge in [0.05, 0.1) is 0 Å². The van der Waals surface area contributed by atoms with Crippen molar-refractivity contribution < 1.29 is 23.8 Å². The van der Waals surface area contributed by atoms with Crippen LogP contribution >= 0.6 is 0 Å². The van der Waals surface area contributed by atoms with E-state index < -0.39 is 23.7 Å². The second-order valence-corrected chi connectivity index (χ2v) is 8.80. The summed E-state index contributed by atoms with van der Waals surface area (Å²) >= 11 is 0. The first-order valence-electron chi connectivity index (χ1n) is 10.6. The number of alkyl carbamates (subject to hydrolysis) is 1. The molecule has 1 fully saturated rings. The molecule has 1 N–H and O–H groups in total. The molecule has 1 aliphatic carbocycles. The van der Waals surface area contributed by atoms with Crippen molar-refractivity contribution in [1.29, 1.82) is 0 Å². The van der Waals surface area contributed by atoms with Gasteiger partial charge in [0.1, 0.15) is 29.6 Å². The van der Waals surface area contributed by atoms with E-state index in [0.29, 0.717) is 0 Å². The Hall–Kier alpha value is -2.24. The number of hydrogen-bond acceptors (Lipinski definition) is 5. The quantitative estimate of drug-likeness (QED) is 0.656. The summed E-state index contributed by atoms with van der Waals surface area (Å²) in [6.07, 6.45) is 4.18. The van der Waals surface area contributed by atoms with Crippen LogP contribution in [0.2, 0.25) is 0 Å². The first-order chi connectivity index (χ1) is 13.7. The Bertz CT molecular complexity index is 649. The molecule has 2 rings (SSSR count). The monoisotopic (exact) mass is 405 g/mol. The molecule has 0 aliphatic heterocycles.